The number of hydrogen-bond acceptors (Lipinski definition) is 9. The van der Waals surface area contributed by atoms with E-state index in [0.717, 1.165) is 16.7 Å². The van der Waals surface area contributed by atoms with Crippen LogP contribution in [0.4, 0.5) is 0 Å². The van der Waals surface area contributed by atoms with Crippen LogP contribution in [0.5, 0.6) is 40.2 Å². The number of carbonyl (C=O) groups excluding carboxylic acids is 1. The summed E-state index contributed by atoms with van der Waals surface area (Å²) in [7, 11) is 1.57. The highest BCUT2D eigenvalue weighted by molar-refractivity contribution is 6.04. The fourth-order valence-corrected chi connectivity index (χ4v) is 6.40. The van der Waals surface area contributed by atoms with E-state index in [1.807, 2.05) is 50.2 Å². The van der Waals surface area contributed by atoms with Gasteiger partial charge in [-0.25, -0.2) is 0 Å². The van der Waals surface area contributed by atoms with Crippen LogP contribution in [-0.4, -0.2) is 31.6 Å². The third kappa shape index (κ3) is 3.82. The molecule has 1 N–H and O–H groups in total. The van der Waals surface area contributed by atoms with Crippen LogP contribution in [0.1, 0.15) is 65.4 Å². The van der Waals surface area contributed by atoms with E-state index in [0.29, 0.717) is 59.3 Å². The molecule has 4 heterocycles. The summed E-state index contributed by atoms with van der Waals surface area (Å²) in [4.78, 5) is 13.7. The topological polar surface area (TPSA) is 102 Å². The summed E-state index contributed by atoms with van der Waals surface area (Å²) < 4.78 is 42.1. The lowest BCUT2D eigenvalue weighted by molar-refractivity contribution is -0.209. The van der Waals surface area contributed by atoms with Crippen molar-refractivity contribution in [2.24, 2.45) is 11.8 Å². The minimum atomic E-state index is -1.27. The standard InChI is InChI=1S/C32H32O9/c1-5-16(2)28(33)27-29(34)17(3)30(35-4)21-11-20-13-24(18-6-8-22-25(10-18)38-14-36-22)40-32(20,41-31(21)27)19-7-9-23-26(12-19)39-15-37-23/h6-10,12,16,20,24,34H,5,11,13-15H2,1-4H3. The van der Waals surface area contributed by atoms with E-state index in [2.05, 4.69) is 0 Å². The summed E-state index contributed by atoms with van der Waals surface area (Å²) in [5.74, 6) is 1.37. The average Bonchev–Trinajstić information content (AvgIpc) is 3.74. The number of ether oxygens (including phenoxy) is 7. The van der Waals surface area contributed by atoms with E-state index < -0.39 is 5.79 Å². The molecule has 41 heavy (non-hydrogen) atoms. The van der Waals surface area contributed by atoms with Crippen molar-refractivity contribution in [1.82, 2.24) is 0 Å². The van der Waals surface area contributed by atoms with Gasteiger partial charge in [0.25, 0.3) is 0 Å². The molecule has 7 rings (SSSR count). The summed E-state index contributed by atoms with van der Waals surface area (Å²) in [6.45, 7) is 5.89. The Hall–Kier alpha value is -4.11. The van der Waals surface area contributed by atoms with Crippen molar-refractivity contribution in [3.63, 3.8) is 0 Å². The summed E-state index contributed by atoms with van der Waals surface area (Å²) in [6.07, 6.45) is 1.42. The van der Waals surface area contributed by atoms with Gasteiger partial charge in [0.15, 0.2) is 28.8 Å². The maximum absolute atomic E-state index is 13.7. The highest BCUT2D eigenvalue weighted by atomic mass is 16.7. The second kappa shape index (κ2) is 9.48. The average molecular weight is 561 g/mol. The van der Waals surface area contributed by atoms with E-state index in [1.54, 1.807) is 14.0 Å². The van der Waals surface area contributed by atoms with Gasteiger partial charge in [-0.1, -0.05) is 19.9 Å². The van der Waals surface area contributed by atoms with E-state index in [-0.39, 0.29) is 48.6 Å². The summed E-state index contributed by atoms with van der Waals surface area (Å²) in [5, 5.41) is 11.3. The zero-order valence-electron chi connectivity index (χ0n) is 23.4. The molecule has 4 atom stereocenters. The van der Waals surface area contributed by atoms with Gasteiger partial charge in [-0.05, 0) is 62.1 Å². The number of phenolic OH excluding ortho intramolecular Hbond substituents is 1. The molecule has 9 nitrogen and oxygen atoms in total. The van der Waals surface area contributed by atoms with Gasteiger partial charge < -0.3 is 38.3 Å². The van der Waals surface area contributed by atoms with Crippen molar-refractivity contribution < 1.29 is 43.1 Å². The molecule has 9 heteroatoms. The van der Waals surface area contributed by atoms with Gasteiger partial charge in [0, 0.05) is 28.5 Å². The largest absolute Gasteiger partial charge is 0.507 e. The molecule has 0 aliphatic carbocycles. The van der Waals surface area contributed by atoms with Crippen LogP contribution in [0.2, 0.25) is 0 Å². The Labute approximate surface area is 237 Å². The first-order chi connectivity index (χ1) is 19.8. The van der Waals surface area contributed by atoms with Crippen LogP contribution in [0.15, 0.2) is 36.4 Å². The molecule has 3 aromatic carbocycles. The molecule has 4 aliphatic heterocycles. The Bertz CT molecular complexity index is 1560. The van der Waals surface area contributed by atoms with Gasteiger partial charge in [0.05, 0.1) is 13.2 Å². The molecule has 0 radical (unpaired) electrons. The molecule has 0 aromatic heterocycles. The Kier molecular flexibility index (Phi) is 5.97. The van der Waals surface area contributed by atoms with Crippen molar-refractivity contribution in [3.8, 4) is 40.2 Å². The maximum atomic E-state index is 13.7. The number of benzene rings is 3. The molecule has 1 saturated heterocycles. The number of aromatic hydroxyl groups is 1. The van der Waals surface area contributed by atoms with Crippen molar-refractivity contribution in [2.75, 3.05) is 20.7 Å². The minimum Gasteiger partial charge on any atom is -0.507 e. The van der Waals surface area contributed by atoms with Gasteiger partial charge in [0.2, 0.25) is 19.4 Å². The molecular weight excluding hydrogens is 528 g/mol. The lowest BCUT2D eigenvalue weighted by Gasteiger charge is -2.41. The summed E-state index contributed by atoms with van der Waals surface area (Å²) >= 11 is 0. The first-order valence-electron chi connectivity index (χ1n) is 14.0. The fourth-order valence-electron chi connectivity index (χ4n) is 6.40. The predicted octanol–water partition coefficient (Wildman–Crippen LogP) is 5.96. The Morgan fingerprint density at radius 2 is 1.73 bits per heavy atom. The SMILES string of the molecule is CCC(C)C(=O)c1c(O)c(C)c(OC)c2c1OC1(c3ccc4c(c3)OCO4)OC(c3ccc4c(c3)OCO4)CC1C2. The van der Waals surface area contributed by atoms with Crippen LogP contribution in [-0.2, 0) is 16.9 Å². The zero-order chi connectivity index (χ0) is 28.5. The van der Waals surface area contributed by atoms with Gasteiger partial charge in [-0.15, -0.1) is 0 Å². The second-order valence-electron chi connectivity index (χ2n) is 11.1. The number of carbonyl (C=O) groups is 1. The molecule has 0 spiro atoms. The zero-order valence-corrected chi connectivity index (χ0v) is 23.4. The van der Waals surface area contributed by atoms with Crippen molar-refractivity contribution in [1.29, 1.82) is 0 Å². The molecular formula is C32H32O9. The van der Waals surface area contributed by atoms with E-state index in [9.17, 15) is 9.90 Å². The van der Waals surface area contributed by atoms with Crippen LogP contribution in [0.3, 0.4) is 0 Å². The highest BCUT2D eigenvalue weighted by Crippen LogP contribution is 2.60. The molecule has 0 amide bonds. The van der Waals surface area contributed by atoms with Crippen molar-refractivity contribution >= 4 is 5.78 Å². The molecule has 4 unspecified atom stereocenters. The lowest BCUT2D eigenvalue weighted by Crippen LogP contribution is -2.43. The molecule has 1 fully saturated rings. The number of rotatable bonds is 6. The van der Waals surface area contributed by atoms with E-state index >= 15 is 0 Å². The number of methoxy groups -OCH3 is 1. The van der Waals surface area contributed by atoms with Crippen LogP contribution in [0, 0.1) is 18.8 Å². The Morgan fingerprint density at radius 1 is 1.05 bits per heavy atom. The third-order valence-electron chi connectivity index (χ3n) is 8.82. The first-order valence-corrected chi connectivity index (χ1v) is 14.0. The van der Waals surface area contributed by atoms with Crippen molar-refractivity contribution in [3.05, 3.63) is 64.2 Å². The first kappa shape index (κ1) is 25.8. The number of phenols is 1. The number of ketones is 1. The monoisotopic (exact) mass is 560 g/mol. The molecule has 0 saturated carbocycles. The molecule has 3 aromatic rings. The molecule has 214 valence electrons. The molecule has 4 aliphatic rings. The highest BCUT2D eigenvalue weighted by Gasteiger charge is 2.57. The Morgan fingerprint density at radius 3 is 2.44 bits per heavy atom. The van der Waals surface area contributed by atoms with Gasteiger partial charge in [0.1, 0.15) is 22.8 Å². The third-order valence-corrected chi connectivity index (χ3v) is 8.82. The predicted molar refractivity (Wildman–Crippen MR) is 146 cm³/mol. The van der Waals surface area contributed by atoms with E-state index in [4.69, 9.17) is 33.2 Å². The summed E-state index contributed by atoms with van der Waals surface area (Å²) in [6, 6.07) is 11.4. The number of fused-ring (bicyclic) bond motifs is 4. The lowest BCUT2D eigenvalue weighted by atomic mass is 9.79. The fraction of sp³-hybridized carbons (Fsp3) is 0.406. The van der Waals surface area contributed by atoms with Crippen LogP contribution < -0.4 is 28.4 Å². The number of hydrogen-bond donors (Lipinski definition) is 1. The summed E-state index contributed by atoms with van der Waals surface area (Å²) in [5.41, 5.74) is 3.11. The van der Waals surface area contributed by atoms with E-state index in [1.165, 1.54) is 0 Å². The quantitative estimate of drug-likeness (QED) is 0.366. The van der Waals surface area contributed by atoms with Crippen molar-refractivity contribution in [2.45, 2.75) is 51.9 Å². The Balaban J connectivity index is 1.40. The second-order valence-corrected chi connectivity index (χ2v) is 11.1. The van der Waals surface area contributed by atoms with Crippen LogP contribution >= 0.6 is 0 Å². The van der Waals surface area contributed by atoms with Crippen LogP contribution in [0.25, 0.3) is 0 Å². The number of Topliss-reactive ketones (excluding diaryl/α,β-unsaturated/α-hetero) is 1. The van der Waals surface area contributed by atoms with Gasteiger partial charge in [-0.3, -0.25) is 4.79 Å². The van der Waals surface area contributed by atoms with Gasteiger partial charge >= 0.3 is 0 Å². The normalized spacial score (nSPS) is 23.9. The minimum absolute atomic E-state index is 0.129. The smallest absolute Gasteiger partial charge is 0.241 e. The molecule has 0 bridgehead atoms. The van der Waals surface area contributed by atoms with Gasteiger partial charge in [-0.2, -0.15) is 0 Å². The maximum Gasteiger partial charge on any atom is 0.241 e.